The van der Waals surface area contributed by atoms with Crippen molar-refractivity contribution < 1.29 is 9.47 Å². The van der Waals surface area contributed by atoms with E-state index >= 15 is 0 Å². The molecule has 0 atom stereocenters. The van der Waals surface area contributed by atoms with Crippen LogP contribution in [0, 0.1) is 0 Å². The van der Waals surface area contributed by atoms with E-state index in [1.54, 1.807) is 7.11 Å². The number of rotatable bonds is 9. The Kier molecular flexibility index (Phi) is 8.22. The molecule has 0 radical (unpaired) electrons. The third-order valence-corrected chi connectivity index (χ3v) is 2.81. The summed E-state index contributed by atoms with van der Waals surface area (Å²) in [6.07, 6.45) is 1.80. The summed E-state index contributed by atoms with van der Waals surface area (Å²) < 4.78 is 10.4. The molecule has 0 aliphatic rings. The third kappa shape index (κ3) is 6.99. The maximum absolute atomic E-state index is 5.78. The number of hydrogen-bond acceptors (Lipinski definition) is 3. The highest BCUT2D eigenvalue weighted by Crippen LogP contribution is 2.11. The molecule has 0 aromatic heterocycles. The first-order chi connectivity index (χ1) is 9.76. The fourth-order valence-corrected chi connectivity index (χ4v) is 1.69. The molecule has 5 heteroatoms. The second kappa shape index (κ2) is 10.1. The summed E-state index contributed by atoms with van der Waals surface area (Å²) in [4.78, 5) is 4.24. The molecule has 0 heterocycles. The van der Waals surface area contributed by atoms with E-state index in [9.17, 15) is 0 Å². The number of ether oxygens (including phenoxy) is 2. The third-order valence-electron chi connectivity index (χ3n) is 2.81. The lowest BCUT2D eigenvalue weighted by Gasteiger charge is -2.06. The highest BCUT2D eigenvalue weighted by Gasteiger charge is 1.96. The topological polar surface area (TPSA) is 68.9 Å². The summed E-state index contributed by atoms with van der Waals surface area (Å²) in [5.74, 6) is 1.37. The number of guanidine groups is 1. The molecule has 112 valence electrons. The molecular weight excluding hydrogens is 254 g/mol. The summed E-state index contributed by atoms with van der Waals surface area (Å²) in [6, 6.07) is 8.02. The van der Waals surface area contributed by atoms with Gasteiger partial charge in [0.1, 0.15) is 5.75 Å². The highest BCUT2D eigenvalue weighted by molar-refractivity contribution is 5.77. The van der Waals surface area contributed by atoms with Crippen LogP contribution >= 0.6 is 0 Å². The van der Waals surface area contributed by atoms with Crippen LogP contribution < -0.4 is 15.8 Å². The summed E-state index contributed by atoms with van der Waals surface area (Å²) >= 11 is 0. The van der Waals surface area contributed by atoms with Crippen molar-refractivity contribution in [2.45, 2.75) is 19.8 Å². The van der Waals surface area contributed by atoms with Gasteiger partial charge in [-0.3, -0.25) is 4.99 Å². The predicted molar refractivity (Wildman–Crippen MR) is 82.3 cm³/mol. The van der Waals surface area contributed by atoms with Crippen LogP contribution in [-0.2, 0) is 11.2 Å². The van der Waals surface area contributed by atoms with Gasteiger partial charge in [0.2, 0.25) is 0 Å². The van der Waals surface area contributed by atoms with Crippen molar-refractivity contribution >= 4 is 5.96 Å². The van der Waals surface area contributed by atoms with Crippen LogP contribution in [0.1, 0.15) is 18.9 Å². The second-order valence-corrected chi connectivity index (χ2v) is 4.34. The van der Waals surface area contributed by atoms with E-state index in [4.69, 9.17) is 15.2 Å². The number of benzene rings is 1. The van der Waals surface area contributed by atoms with Crippen LogP contribution in [0.5, 0.6) is 5.75 Å². The first-order valence-corrected chi connectivity index (χ1v) is 7.00. The van der Waals surface area contributed by atoms with Gasteiger partial charge in [-0.25, -0.2) is 0 Å². The minimum atomic E-state index is 0.495. The number of nitrogens with one attached hydrogen (secondary N) is 1. The molecule has 20 heavy (non-hydrogen) atoms. The van der Waals surface area contributed by atoms with E-state index in [1.165, 1.54) is 5.56 Å². The average Bonchev–Trinajstić information content (AvgIpc) is 2.48. The minimum Gasteiger partial charge on any atom is -0.497 e. The Balaban J connectivity index is 2.17. The zero-order valence-electron chi connectivity index (χ0n) is 12.4. The van der Waals surface area contributed by atoms with E-state index in [0.29, 0.717) is 12.5 Å². The molecule has 1 rings (SSSR count). The number of hydrogen-bond donors (Lipinski definition) is 2. The van der Waals surface area contributed by atoms with Crippen molar-refractivity contribution in [3.63, 3.8) is 0 Å². The van der Waals surface area contributed by atoms with Gasteiger partial charge in [-0.05, 0) is 37.5 Å². The molecular formula is C15H25N3O2. The van der Waals surface area contributed by atoms with Crippen molar-refractivity contribution in [2.24, 2.45) is 10.7 Å². The van der Waals surface area contributed by atoms with Crippen LogP contribution in [0.2, 0.25) is 0 Å². The molecule has 0 amide bonds. The van der Waals surface area contributed by atoms with Crippen LogP contribution in [0.4, 0.5) is 0 Å². The van der Waals surface area contributed by atoms with Gasteiger partial charge in [0, 0.05) is 26.3 Å². The van der Waals surface area contributed by atoms with Gasteiger partial charge in [-0.15, -0.1) is 0 Å². The lowest BCUT2D eigenvalue weighted by molar-refractivity contribution is 0.146. The Morgan fingerprint density at radius 1 is 1.30 bits per heavy atom. The lowest BCUT2D eigenvalue weighted by Crippen LogP contribution is -2.33. The minimum absolute atomic E-state index is 0.495. The Morgan fingerprint density at radius 2 is 2.05 bits per heavy atom. The Morgan fingerprint density at radius 3 is 2.70 bits per heavy atom. The van der Waals surface area contributed by atoms with Gasteiger partial charge in [-0.2, -0.15) is 0 Å². The van der Waals surface area contributed by atoms with Gasteiger partial charge < -0.3 is 20.5 Å². The molecule has 0 saturated carbocycles. The van der Waals surface area contributed by atoms with Crippen molar-refractivity contribution in [3.05, 3.63) is 29.8 Å². The lowest BCUT2D eigenvalue weighted by atomic mass is 10.1. The Hall–Kier alpha value is -1.75. The number of nitrogens with zero attached hydrogens (tertiary/aromatic N) is 1. The van der Waals surface area contributed by atoms with Gasteiger partial charge in [0.15, 0.2) is 5.96 Å². The fourth-order valence-electron chi connectivity index (χ4n) is 1.69. The second-order valence-electron chi connectivity index (χ2n) is 4.34. The average molecular weight is 279 g/mol. The van der Waals surface area contributed by atoms with E-state index < -0.39 is 0 Å². The molecule has 0 bridgehead atoms. The number of aliphatic imine (C=N–C) groups is 1. The Bertz CT molecular complexity index is 391. The maximum Gasteiger partial charge on any atom is 0.188 e. The van der Waals surface area contributed by atoms with Crippen LogP contribution in [0.15, 0.2) is 29.3 Å². The van der Waals surface area contributed by atoms with E-state index in [1.807, 2.05) is 19.1 Å². The first kappa shape index (κ1) is 16.3. The quantitative estimate of drug-likeness (QED) is 0.409. The highest BCUT2D eigenvalue weighted by atomic mass is 16.5. The van der Waals surface area contributed by atoms with Gasteiger partial charge >= 0.3 is 0 Å². The molecule has 1 aromatic carbocycles. The summed E-state index contributed by atoms with van der Waals surface area (Å²) in [5.41, 5.74) is 7.01. The fraction of sp³-hybridized carbons (Fsp3) is 0.533. The number of nitrogens with two attached hydrogens (primary N) is 1. The van der Waals surface area contributed by atoms with Gasteiger partial charge in [0.25, 0.3) is 0 Å². The summed E-state index contributed by atoms with van der Waals surface area (Å²) in [5, 5.41) is 3.11. The smallest absolute Gasteiger partial charge is 0.188 e. The molecule has 1 aromatic rings. The van der Waals surface area contributed by atoms with Crippen molar-refractivity contribution in [1.82, 2.24) is 5.32 Å². The predicted octanol–water partition coefficient (Wildman–Crippen LogP) is 1.57. The zero-order chi connectivity index (χ0) is 14.6. The Labute approximate surface area is 121 Å². The standard InChI is InChI=1S/C15H25N3O2/c1-3-20-12-4-10-17-15(16)18-11-9-13-5-7-14(19-2)8-6-13/h5-8H,3-4,9-12H2,1-2H3,(H3,16,17,18). The van der Waals surface area contributed by atoms with E-state index in [-0.39, 0.29) is 0 Å². The molecule has 3 N–H and O–H groups in total. The van der Waals surface area contributed by atoms with Gasteiger partial charge in [0.05, 0.1) is 7.11 Å². The van der Waals surface area contributed by atoms with Crippen LogP contribution in [0.25, 0.3) is 0 Å². The number of methoxy groups -OCH3 is 1. The SMILES string of the molecule is CCOCCCN=C(N)NCCc1ccc(OC)cc1. The molecule has 0 unspecified atom stereocenters. The van der Waals surface area contributed by atoms with E-state index in [2.05, 4.69) is 22.4 Å². The van der Waals surface area contributed by atoms with Gasteiger partial charge in [-0.1, -0.05) is 12.1 Å². The molecule has 0 saturated heterocycles. The van der Waals surface area contributed by atoms with Crippen LogP contribution in [0.3, 0.4) is 0 Å². The molecule has 0 spiro atoms. The van der Waals surface area contributed by atoms with E-state index in [0.717, 1.165) is 38.3 Å². The van der Waals surface area contributed by atoms with Crippen molar-refractivity contribution in [1.29, 1.82) is 0 Å². The molecule has 0 aliphatic carbocycles. The van der Waals surface area contributed by atoms with Crippen molar-refractivity contribution in [2.75, 3.05) is 33.4 Å². The molecule has 0 fully saturated rings. The summed E-state index contributed by atoms with van der Waals surface area (Å²) in [7, 11) is 1.67. The van der Waals surface area contributed by atoms with Crippen LogP contribution in [-0.4, -0.2) is 39.4 Å². The first-order valence-electron chi connectivity index (χ1n) is 7.00. The largest absolute Gasteiger partial charge is 0.497 e. The molecule has 0 aliphatic heterocycles. The summed E-state index contributed by atoms with van der Waals surface area (Å²) in [6.45, 7) is 4.94. The normalized spacial score (nSPS) is 11.4. The maximum atomic E-state index is 5.78. The monoisotopic (exact) mass is 279 g/mol. The molecule has 5 nitrogen and oxygen atoms in total. The zero-order valence-corrected chi connectivity index (χ0v) is 12.4. The van der Waals surface area contributed by atoms with Crippen molar-refractivity contribution in [3.8, 4) is 5.75 Å².